The molecular weight excluding hydrogens is 292 g/mol. The van der Waals surface area contributed by atoms with Gasteiger partial charge >= 0.3 is 5.97 Å². The maximum atomic E-state index is 12.7. The fraction of sp³-hybridized carbons (Fsp3) is 0.429. The average molecular weight is 308 g/mol. The van der Waals surface area contributed by atoms with Crippen molar-refractivity contribution in [2.24, 2.45) is 0 Å². The van der Waals surface area contributed by atoms with Crippen LogP contribution in [0.4, 0.5) is 0 Å². The first kappa shape index (κ1) is 15.5. The molecule has 0 spiro atoms. The second-order valence-electron chi connectivity index (χ2n) is 5.06. The number of benzene rings is 1. The molecule has 1 saturated heterocycles. The number of sulfonamides is 1. The van der Waals surface area contributed by atoms with Crippen LogP contribution < -0.4 is 0 Å². The number of nitriles is 1. The van der Waals surface area contributed by atoms with E-state index in [1.807, 2.05) is 6.07 Å². The highest BCUT2D eigenvalue weighted by Gasteiger charge is 2.38. The van der Waals surface area contributed by atoms with E-state index in [1.165, 1.54) is 6.07 Å². The fourth-order valence-electron chi connectivity index (χ4n) is 2.51. The Balaban J connectivity index is 2.50. The molecule has 0 aromatic heterocycles. The van der Waals surface area contributed by atoms with Gasteiger partial charge in [-0.15, -0.1) is 0 Å². The van der Waals surface area contributed by atoms with E-state index in [0.717, 1.165) is 4.31 Å². The second kappa shape index (κ2) is 5.84. The summed E-state index contributed by atoms with van der Waals surface area (Å²) in [7, 11) is -3.92. The van der Waals surface area contributed by atoms with Crippen LogP contribution in [0.3, 0.4) is 0 Å². The zero-order valence-corrected chi connectivity index (χ0v) is 12.4. The number of aliphatic carboxylic acids is 1. The molecule has 6 nitrogen and oxygen atoms in total. The Kier molecular flexibility index (Phi) is 4.30. The Bertz CT molecular complexity index is 706. The molecule has 1 aromatic rings. The number of nitrogens with zero attached hydrogens (tertiary/aromatic N) is 2. The van der Waals surface area contributed by atoms with E-state index >= 15 is 0 Å². The highest BCUT2D eigenvalue weighted by atomic mass is 32.2. The van der Waals surface area contributed by atoms with Gasteiger partial charge in [0.25, 0.3) is 0 Å². The molecule has 112 valence electrons. The van der Waals surface area contributed by atoms with Crippen LogP contribution in [0.1, 0.15) is 30.4 Å². The number of rotatable bonds is 3. The van der Waals surface area contributed by atoms with Gasteiger partial charge in [0.1, 0.15) is 6.04 Å². The quantitative estimate of drug-likeness (QED) is 0.912. The topological polar surface area (TPSA) is 98.5 Å². The number of piperidine rings is 1. The summed E-state index contributed by atoms with van der Waals surface area (Å²) >= 11 is 0. The normalized spacial score (nSPS) is 19.9. The zero-order valence-electron chi connectivity index (χ0n) is 11.6. The summed E-state index contributed by atoms with van der Waals surface area (Å²) in [4.78, 5) is 11.3. The summed E-state index contributed by atoms with van der Waals surface area (Å²) in [5, 5.41) is 18.1. The van der Waals surface area contributed by atoms with Crippen molar-refractivity contribution in [1.82, 2.24) is 4.31 Å². The van der Waals surface area contributed by atoms with Crippen LogP contribution in [-0.2, 0) is 14.8 Å². The lowest BCUT2D eigenvalue weighted by atomic mass is 10.1. The van der Waals surface area contributed by atoms with Crippen LogP contribution >= 0.6 is 0 Å². The fourth-order valence-corrected chi connectivity index (χ4v) is 4.42. The molecule has 1 aliphatic rings. The monoisotopic (exact) mass is 308 g/mol. The average Bonchev–Trinajstić information content (AvgIpc) is 2.47. The van der Waals surface area contributed by atoms with E-state index in [4.69, 9.17) is 5.26 Å². The van der Waals surface area contributed by atoms with E-state index in [1.54, 1.807) is 19.1 Å². The molecule has 0 amide bonds. The van der Waals surface area contributed by atoms with Gasteiger partial charge in [-0.3, -0.25) is 4.79 Å². The molecule has 0 radical (unpaired) electrons. The summed E-state index contributed by atoms with van der Waals surface area (Å²) in [5.41, 5.74) is 0.742. The molecule has 0 bridgehead atoms. The Morgan fingerprint density at radius 3 is 2.76 bits per heavy atom. The van der Waals surface area contributed by atoms with E-state index in [-0.39, 0.29) is 17.0 Å². The van der Waals surface area contributed by atoms with Gasteiger partial charge in [-0.05, 0) is 43.9 Å². The van der Waals surface area contributed by atoms with Crippen molar-refractivity contribution in [3.8, 4) is 6.07 Å². The first-order valence-electron chi connectivity index (χ1n) is 6.63. The Morgan fingerprint density at radius 1 is 1.43 bits per heavy atom. The summed E-state index contributed by atoms with van der Waals surface area (Å²) in [6, 6.07) is 5.28. The molecule has 1 fully saturated rings. The number of carboxylic acids is 1. The highest BCUT2D eigenvalue weighted by molar-refractivity contribution is 7.89. The molecule has 1 unspecified atom stereocenters. The van der Waals surface area contributed by atoms with Crippen molar-refractivity contribution < 1.29 is 18.3 Å². The summed E-state index contributed by atoms with van der Waals surface area (Å²) in [5.74, 6) is -1.13. The van der Waals surface area contributed by atoms with Crippen molar-refractivity contribution in [3.63, 3.8) is 0 Å². The second-order valence-corrected chi connectivity index (χ2v) is 6.92. The van der Waals surface area contributed by atoms with Crippen molar-refractivity contribution in [2.45, 2.75) is 37.1 Å². The molecule has 7 heteroatoms. The molecule has 1 heterocycles. The molecule has 0 saturated carbocycles. The molecule has 1 aromatic carbocycles. The summed E-state index contributed by atoms with van der Waals surface area (Å²) in [6.07, 6.45) is 1.64. The highest BCUT2D eigenvalue weighted by Crippen LogP contribution is 2.27. The predicted octanol–water partition coefficient (Wildman–Crippen LogP) is 1.49. The van der Waals surface area contributed by atoms with Crippen LogP contribution in [0.25, 0.3) is 0 Å². The number of carbonyl (C=O) groups is 1. The van der Waals surface area contributed by atoms with E-state index < -0.39 is 22.0 Å². The van der Waals surface area contributed by atoms with E-state index in [2.05, 4.69) is 0 Å². The smallest absolute Gasteiger partial charge is 0.322 e. The van der Waals surface area contributed by atoms with Crippen molar-refractivity contribution >= 4 is 16.0 Å². The first-order valence-corrected chi connectivity index (χ1v) is 8.07. The first-order chi connectivity index (χ1) is 9.87. The number of carboxylic acid groups (broad SMARTS) is 1. The SMILES string of the molecule is Cc1ccc(C#N)cc1S(=O)(=O)N1CCCCC1C(=O)O. The largest absolute Gasteiger partial charge is 0.480 e. The molecule has 1 aliphatic heterocycles. The third-order valence-corrected chi connectivity index (χ3v) is 5.69. The van der Waals surface area contributed by atoms with Crippen LogP contribution in [0, 0.1) is 18.3 Å². The van der Waals surface area contributed by atoms with Gasteiger partial charge in [0.2, 0.25) is 10.0 Å². The lowest BCUT2D eigenvalue weighted by molar-refractivity contribution is -0.142. The molecule has 21 heavy (non-hydrogen) atoms. The Hall–Kier alpha value is -1.91. The van der Waals surface area contributed by atoms with Crippen molar-refractivity contribution in [1.29, 1.82) is 5.26 Å². The molecule has 1 N–H and O–H groups in total. The minimum atomic E-state index is -3.92. The van der Waals surface area contributed by atoms with E-state index in [9.17, 15) is 18.3 Å². The number of hydrogen-bond acceptors (Lipinski definition) is 4. The maximum Gasteiger partial charge on any atom is 0.322 e. The minimum absolute atomic E-state index is 0.00898. The zero-order chi connectivity index (χ0) is 15.6. The van der Waals surface area contributed by atoms with Gasteiger partial charge in [-0.1, -0.05) is 6.07 Å². The van der Waals surface area contributed by atoms with E-state index in [0.29, 0.717) is 24.8 Å². The van der Waals surface area contributed by atoms with Gasteiger partial charge in [-0.25, -0.2) is 8.42 Å². The Labute approximate surface area is 123 Å². The van der Waals surface area contributed by atoms with Crippen molar-refractivity contribution in [3.05, 3.63) is 29.3 Å². The summed E-state index contributed by atoms with van der Waals surface area (Å²) in [6.45, 7) is 1.82. The molecule has 0 aliphatic carbocycles. The van der Waals surface area contributed by atoms with Gasteiger partial charge in [0.15, 0.2) is 0 Å². The van der Waals surface area contributed by atoms with Gasteiger partial charge in [-0.2, -0.15) is 9.57 Å². The minimum Gasteiger partial charge on any atom is -0.480 e. The standard InChI is InChI=1S/C14H16N2O4S/c1-10-5-6-11(9-15)8-13(10)21(19,20)16-7-3-2-4-12(16)14(17)18/h5-6,8,12H,2-4,7H2,1H3,(H,17,18). The van der Waals surface area contributed by atoms with Crippen LogP contribution in [-0.4, -0.2) is 36.4 Å². The third kappa shape index (κ3) is 2.91. The predicted molar refractivity (Wildman–Crippen MR) is 75.1 cm³/mol. The lowest BCUT2D eigenvalue weighted by Gasteiger charge is -2.32. The van der Waals surface area contributed by atoms with Gasteiger partial charge in [0.05, 0.1) is 16.5 Å². The van der Waals surface area contributed by atoms with Crippen LogP contribution in [0.5, 0.6) is 0 Å². The number of hydrogen-bond donors (Lipinski definition) is 1. The van der Waals surface area contributed by atoms with Gasteiger partial charge in [0, 0.05) is 6.54 Å². The molecule has 1 atom stereocenters. The lowest BCUT2D eigenvalue weighted by Crippen LogP contribution is -2.47. The van der Waals surface area contributed by atoms with Crippen LogP contribution in [0.2, 0.25) is 0 Å². The molecular formula is C14H16N2O4S. The maximum absolute atomic E-state index is 12.7. The summed E-state index contributed by atoms with van der Waals surface area (Å²) < 4.78 is 26.5. The Morgan fingerprint density at radius 2 is 2.14 bits per heavy atom. The third-order valence-electron chi connectivity index (χ3n) is 3.64. The number of aryl methyl sites for hydroxylation is 1. The molecule has 2 rings (SSSR count). The van der Waals surface area contributed by atoms with Crippen molar-refractivity contribution in [2.75, 3.05) is 6.54 Å². The van der Waals surface area contributed by atoms with Gasteiger partial charge < -0.3 is 5.11 Å². The van der Waals surface area contributed by atoms with Crippen LogP contribution in [0.15, 0.2) is 23.1 Å².